The van der Waals surface area contributed by atoms with Gasteiger partial charge in [0.05, 0.1) is 4.90 Å². The third kappa shape index (κ3) is 4.92. The molecule has 0 saturated carbocycles. The number of nitrogens with one attached hydrogen (secondary N) is 1. The number of benzene rings is 2. The fraction of sp³-hybridized carbons (Fsp3) is 0.235. The van der Waals surface area contributed by atoms with Gasteiger partial charge in [0, 0.05) is 17.0 Å². The summed E-state index contributed by atoms with van der Waals surface area (Å²) in [4.78, 5) is 12.6. The molecule has 2 rings (SSSR count). The van der Waals surface area contributed by atoms with E-state index in [-0.39, 0.29) is 10.7 Å². The maximum absolute atomic E-state index is 12.3. The number of rotatable bonds is 7. The van der Waals surface area contributed by atoms with Crippen molar-refractivity contribution in [3.8, 4) is 0 Å². The molecule has 0 aliphatic rings. The largest absolute Gasteiger partial charge is 0.295 e. The Balaban J connectivity index is 2.01. The van der Waals surface area contributed by atoms with Crippen molar-refractivity contribution in [3.05, 3.63) is 59.7 Å². The number of carbonyl (C=O) groups excluding carboxylic acids is 1. The molecule has 1 N–H and O–H groups in total. The van der Waals surface area contributed by atoms with E-state index in [1.165, 1.54) is 24.0 Å². The lowest BCUT2D eigenvalue weighted by atomic mass is 10.2. The highest BCUT2D eigenvalue weighted by molar-refractivity contribution is 7.98. The number of hydrogen-bond acceptors (Lipinski definition) is 4. The highest BCUT2D eigenvalue weighted by atomic mass is 32.2. The zero-order valence-corrected chi connectivity index (χ0v) is 14.7. The molecule has 0 aliphatic heterocycles. The minimum Gasteiger partial charge on any atom is -0.295 e. The molecule has 0 amide bonds. The quantitative estimate of drug-likeness (QED) is 0.616. The van der Waals surface area contributed by atoms with Crippen LogP contribution in [-0.4, -0.2) is 27.0 Å². The standard InChI is InChI=1S/C17H19NO3S2/c1-13(19)15-4-3-5-17(12-15)23(20,21)18-11-10-14-6-8-16(22-2)9-7-14/h3-9,12,18H,10-11H2,1-2H3. The maximum Gasteiger partial charge on any atom is 0.240 e. The topological polar surface area (TPSA) is 63.2 Å². The van der Waals surface area contributed by atoms with Gasteiger partial charge in [-0.15, -0.1) is 11.8 Å². The van der Waals surface area contributed by atoms with Crippen molar-refractivity contribution in [2.75, 3.05) is 12.8 Å². The monoisotopic (exact) mass is 349 g/mol. The highest BCUT2D eigenvalue weighted by Crippen LogP contribution is 2.15. The van der Waals surface area contributed by atoms with Crippen molar-refractivity contribution >= 4 is 27.6 Å². The predicted molar refractivity (Wildman–Crippen MR) is 93.6 cm³/mol. The average Bonchev–Trinajstić information content (AvgIpc) is 2.55. The summed E-state index contributed by atoms with van der Waals surface area (Å²) >= 11 is 1.67. The van der Waals surface area contributed by atoms with Crippen LogP contribution in [0.25, 0.3) is 0 Å². The zero-order chi connectivity index (χ0) is 16.9. The van der Waals surface area contributed by atoms with E-state index >= 15 is 0 Å². The molecule has 0 aromatic heterocycles. The second-order valence-corrected chi connectivity index (χ2v) is 7.73. The first kappa shape index (κ1) is 17.7. The highest BCUT2D eigenvalue weighted by Gasteiger charge is 2.14. The van der Waals surface area contributed by atoms with Gasteiger partial charge in [-0.2, -0.15) is 0 Å². The lowest BCUT2D eigenvalue weighted by molar-refractivity contribution is 0.101. The Hall–Kier alpha value is -1.63. The second kappa shape index (κ2) is 7.77. The van der Waals surface area contributed by atoms with Crippen LogP contribution in [0.4, 0.5) is 0 Å². The van der Waals surface area contributed by atoms with E-state index in [2.05, 4.69) is 4.72 Å². The summed E-state index contributed by atoms with van der Waals surface area (Å²) in [6.45, 7) is 1.72. The normalized spacial score (nSPS) is 11.4. The number of carbonyl (C=O) groups is 1. The Bertz CT molecular complexity index is 784. The van der Waals surface area contributed by atoms with Gasteiger partial charge in [-0.25, -0.2) is 13.1 Å². The van der Waals surface area contributed by atoms with Gasteiger partial charge in [-0.05, 0) is 49.4 Å². The maximum atomic E-state index is 12.3. The van der Waals surface area contributed by atoms with Gasteiger partial charge in [0.1, 0.15) is 0 Å². The van der Waals surface area contributed by atoms with Crippen LogP contribution in [0, 0.1) is 0 Å². The molecule has 2 aromatic carbocycles. The van der Waals surface area contributed by atoms with E-state index in [1.54, 1.807) is 23.9 Å². The van der Waals surface area contributed by atoms with Crippen molar-refractivity contribution < 1.29 is 13.2 Å². The smallest absolute Gasteiger partial charge is 0.240 e. The van der Waals surface area contributed by atoms with Crippen molar-refractivity contribution in [2.45, 2.75) is 23.1 Å². The predicted octanol–water partition coefficient (Wildman–Crippen LogP) is 3.13. The molecule has 0 bridgehead atoms. The Morgan fingerprint density at radius 2 is 1.83 bits per heavy atom. The zero-order valence-electron chi connectivity index (χ0n) is 13.1. The van der Waals surface area contributed by atoms with Crippen LogP contribution >= 0.6 is 11.8 Å². The van der Waals surface area contributed by atoms with Gasteiger partial charge in [0.2, 0.25) is 10.0 Å². The molecule has 122 valence electrons. The Kier molecular flexibility index (Phi) is 5.98. The third-order valence-electron chi connectivity index (χ3n) is 3.42. The molecule has 0 fully saturated rings. The number of thioether (sulfide) groups is 1. The first-order valence-electron chi connectivity index (χ1n) is 7.16. The van der Waals surface area contributed by atoms with E-state index < -0.39 is 10.0 Å². The Morgan fingerprint density at radius 3 is 2.43 bits per heavy atom. The average molecular weight is 349 g/mol. The van der Waals surface area contributed by atoms with Crippen molar-refractivity contribution in [1.29, 1.82) is 0 Å². The molecule has 0 spiro atoms. The van der Waals surface area contributed by atoms with Gasteiger partial charge in [-0.3, -0.25) is 4.79 Å². The van der Waals surface area contributed by atoms with Gasteiger partial charge < -0.3 is 0 Å². The van der Waals surface area contributed by atoms with Crippen molar-refractivity contribution in [2.24, 2.45) is 0 Å². The fourth-order valence-corrected chi connectivity index (χ4v) is 3.57. The SMILES string of the molecule is CSc1ccc(CCNS(=O)(=O)c2cccc(C(C)=O)c2)cc1. The Morgan fingerprint density at radius 1 is 1.13 bits per heavy atom. The van der Waals surface area contributed by atoms with Gasteiger partial charge in [0.25, 0.3) is 0 Å². The molecule has 4 nitrogen and oxygen atoms in total. The summed E-state index contributed by atoms with van der Waals surface area (Å²) in [5.74, 6) is -0.157. The van der Waals surface area contributed by atoms with Crippen LogP contribution in [-0.2, 0) is 16.4 Å². The first-order valence-corrected chi connectivity index (χ1v) is 9.87. The fourth-order valence-electron chi connectivity index (χ4n) is 2.09. The van der Waals surface area contributed by atoms with Gasteiger partial charge in [0.15, 0.2) is 5.78 Å². The molecule has 0 atom stereocenters. The third-order valence-corrected chi connectivity index (χ3v) is 5.62. The van der Waals surface area contributed by atoms with Crippen molar-refractivity contribution in [1.82, 2.24) is 4.72 Å². The minimum atomic E-state index is -3.61. The van der Waals surface area contributed by atoms with Crippen LogP contribution in [0.5, 0.6) is 0 Å². The second-order valence-electron chi connectivity index (χ2n) is 5.08. The van der Waals surface area contributed by atoms with E-state index in [4.69, 9.17) is 0 Å². The molecule has 2 aromatic rings. The molecule has 6 heteroatoms. The van der Waals surface area contributed by atoms with E-state index in [1.807, 2.05) is 30.5 Å². The molecule has 0 aliphatic carbocycles. The van der Waals surface area contributed by atoms with Crippen molar-refractivity contribution in [3.63, 3.8) is 0 Å². The van der Waals surface area contributed by atoms with E-state index in [9.17, 15) is 13.2 Å². The molecule has 0 saturated heterocycles. The van der Waals surface area contributed by atoms with Crippen LogP contribution in [0.2, 0.25) is 0 Å². The lowest BCUT2D eigenvalue weighted by Gasteiger charge is -2.08. The summed E-state index contributed by atoms with van der Waals surface area (Å²) < 4.78 is 27.1. The Labute approximate surface area is 141 Å². The molecular formula is C17H19NO3S2. The molecule has 0 heterocycles. The van der Waals surface area contributed by atoms with Crippen LogP contribution < -0.4 is 4.72 Å². The summed E-state index contributed by atoms with van der Waals surface area (Å²) in [5, 5.41) is 0. The number of Topliss-reactive ketones (excluding diaryl/α,β-unsaturated/α-hetero) is 1. The summed E-state index contributed by atoms with van der Waals surface area (Å²) in [6, 6.07) is 14.1. The molecule has 0 radical (unpaired) electrons. The van der Waals surface area contributed by atoms with Crippen LogP contribution in [0.15, 0.2) is 58.3 Å². The van der Waals surface area contributed by atoms with Gasteiger partial charge >= 0.3 is 0 Å². The summed E-state index contributed by atoms with van der Waals surface area (Å²) in [7, 11) is -3.61. The number of sulfonamides is 1. The number of hydrogen-bond donors (Lipinski definition) is 1. The lowest BCUT2D eigenvalue weighted by Crippen LogP contribution is -2.26. The van der Waals surface area contributed by atoms with E-state index in [0.29, 0.717) is 18.5 Å². The minimum absolute atomic E-state index is 0.114. The number of ketones is 1. The van der Waals surface area contributed by atoms with Gasteiger partial charge in [-0.1, -0.05) is 24.3 Å². The first-order chi connectivity index (χ1) is 10.9. The van der Waals surface area contributed by atoms with Crippen LogP contribution in [0.1, 0.15) is 22.8 Å². The van der Waals surface area contributed by atoms with E-state index in [0.717, 1.165) is 5.56 Å². The molecular weight excluding hydrogens is 330 g/mol. The molecule has 23 heavy (non-hydrogen) atoms. The van der Waals surface area contributed by atoms with Crippen LogP contribution in [0.3, 0.4) is 0 Å². The summed E-state index contributed by atoms with van der Waals surface area (Å²) in [5.41, 5.74) is 1.46. The molecule has 0 unspecified atom stereocenters. The summed E-state index contributed by atoms with van der Waals surface area (Å²) in [6.07, 6.45) is 2.62.